The SMILES string of the molecule is O[C@]1(C(F)(F)F)CCCCCCOC2NC(CCC2C(F)(F)F)C2NNC1O2. The van der Waals surface area contributed by atoms with Gasteiger partial charge in [0.15, 0.2) is 6.23 Å². The lowest BCUT2D eigenvalue weighted by Gasteiger charge is -2.40. The van der Waals surface area contributed by atoms with Gasteiger partial charge in [0, 0.05) is 6.61 Å². The lowest BCUT2D eigenvalue weighted by molar-refractivity contribution is -0.300. The van der Waals surface area contributed by atoms with Gasteiger partial charge in [0.2, 0.25) is 5.60 Å². The Morgan fingerprint density at radius 2 is 1.61 bits per heavy atom. The highest BCUT2D eigenvalue weighted by atomic mass is 19.4. The van der Waals surface area contributed by atoms with Crippen molar-refractivity contribution >= 4 is 0 Å². The highest BCUT2D eigenvalue weighted by molar-refractivity contribution is 4.97. The third kappa shape index (κ3) is 4.57. The van der Waals surface area contributed by atoms with Gasteiger partial charge in [-0.05, 0) is 25.7 Å². The summed E-state index contributed by atoms with van der Waals surface area (Å²) in [5.41, 5.74) is 1.75. The maximum Gasteiger partial charge on any atom is 0.421 e. The molecule has 3 rings (SSSR count). The molecule has 0 saturated carbocycles. The quantitative estimate of drug-likeness (QED) is 0.450. The van der Waals surface area contributed by atoms with Crippen LogP contribution in [0, 0.1) is 5.92 Å². The van der Waals surface area contributed by atoms with E-state index in [1.165, 1.54) is 0 Å². The number of hydrogen-bond acceptors (Lipinski definition) is 6. The Morgan fingerprint density at radius 1 is 0.893 bits per heavy atom. The van der Waals surface area contributed by atoms with Gasteiger partial charge in [-0.25, -0.2) is 10.9 Å². The molecule has 4 bridgehead atoms. The molecule has 3 aliphatic rings. The Labute approximate surface area is 158 Å². The summed E-state index contributed by atoms with van der Waals surface area (Å²) in [6.45, 7) is 0.0698. The van der Waals surface area contributed by atoms with E-state index in [9.17, 15) is 31.4 Å². The fraction of sp³-hybridized carbons (Fsp3) is 1.00. The van der Waals surface area contributed by atoms with Crippen molar-refractivity contribution in [2.45, 2.75) is 87.6 Å². The van der Waals surface area contributed by atoms with Crippen LogP contribution in [0.3, 0.4) is 0 Å². The van der Waals surface area contributed by atoms with Crippen LogP contribution in [0.25, 0.3) is 0 Å². The lowest BCUT2D eigenvalue weighted by atomic mass is 9.91. The minimum Gasteiger partial charge on any atom is -0.377 e. The average molecular weight is 421 g/mol. The summed E-state index contributed by atoms with van der Waals surface area (Å²) in [5.74, 6) is -1.70. The molecule has 3 fully saturated rings. The molecule has 4 N–H and O–H groups in total. The number of alkyl halides is 6. The molecule has 0 aromatic heterocycles. The number of rotatable bonds is 0. The van der Waals surface area contributed by atoms with Crippen molar-refractivity contribution in [1.29, 1.82) is 0 Å². The minimum absolute atomic E-state index is 0.0283. The first-order valence-corrected chi connectivity index (χ1v) is 9.42. The molecule has 0 spiro atoms. The summed E-state index contributed by atoms with van der Waals surface area (Å²) in [5, 5.41) is 13.1. The van der Waals surface area contributed by atoms with E-state index in [1.807, 2.05) is 0 Å². The predicted octanol–water partition coefficient (Wildman–Crippen LogP) is 2.29. The maximum atomic E-state index is 13.5. The van der Waals surface area contributed by atoms with Crippen molar-refractivity contribution in [2.75, 3.05) is 6.61 Å². The number of piperidine rings is 1. The fourth-order valence-corrected chi connectivity index (χ4v) is 3.94. The second-order valence-electron chi connectivity index (χ2n) is 7.60. The number of aliphatic hydroxyl groups is 1. The van der Waals surface area contributed by atoms with E-state index in [1.54, 1.807) is 0 Å². The predicted molar refractivity (Wildman–Crippen MR) is 84.5 cm³/mol. The van der Waals surface area contributed by atoms with E-state index < -0.39 is 55.0 Å². The number of ether oxygens (including phenoxy) is 2. The van der Waals surface area contributed by atoms with Crippen molar-refractivity contribution < 1.29 is 40.9 Å². The summed E-state index contributed by atoms with van der Waals surface area (Å²) < 4.78 is 91.3. The number of hydrazine groups is 1. The van der Waals surface area contributed by atoms with Crippen molar-refractivity contribution in [2.24, 2.45) is 5.92 Å². The average Bonchev–Trinajstić information content (AvgIpc) is 3.08. The standard InChI is InChI=1S/C16H25F6N3O3/c17-15(18,19)9-5-6-10-12-24-25-13(28-12)14(26,16(20,21)22)7-3-1-2-4-8-27-11(9)23-10/h9-13,23-26H,1-8H2/t9?,10?,11?,12?,13?,14-/m1/s1. The second-order valence-corrected chi connectivity index (χ2v) is 7.60. The van der Waals surface area contributed by atoms with Gasteiger partial charge in [-0.3, -0.25) is 5.32 Å². The summed E-state index contributed by atoms with van der Waals surface area (Å²) in [6.07, 6.45) is -12.8. The lowest BCUT2D eigenvalue weighted by Crippen LogP contribution is -2.59. The highest BCUT2D eigenvalue weighted by Gasteiger charge is 2.61. The molecule has 6 nitrogen and oxygen atoms in total. The van der Waals surface area contributed by atoms with E-state index in [4.69, 9.17) is 9.47 Å². The molecule has 3 aliphatic heterocycles. The van der Waals surface area contributed by atoms with Gasteiger partial charge < -0.3 is 14.6 Å². The molecule has 0 aromatic rings. The Hall–Kier alpha value is -0.660. The van der Waals surface area contributed by atoms with Crippen molar-refractivity contribution in [3.8, 4) is 0 Å². The number of fused-ring (bicyclic) bond motifs is 5. The fourth-order valence-electron chi connectivity index (χ4n) is 3.94. The molecule has 0 amide bonds. The second kappa shape index (κ2) is 8.23. The third-order valence-electron chi connectivity index (χ3n) is 5.63. The Bertz CT molecular complexity index is 535. The molecular weight excluding hydrogens is 396 g/mol. The first-order chi connectivity index (χ1) is 13.0. The molecule has 0 aromatic carbocycles. The van der Waals surface area contributed by atoms with E-state index in [2.05, 4.69) is 16.2 Å². The molecule has 3 saturated heterocycles. The third-order valence-corrected chi connectivity index (χ3v) is 5.63. The van der Waals surface area contributed by atoms with Crippen molar-refractivity contribution in [3.05, 3.63) is 0 Å². The topological polar surface area (TPSA) is 74.8 Å². The molecule has 0 radical (unpaired) electrons. The van der Waals surface area contributed by atoms with Gasteiger partial charge in [0.25, 0.3) is 0 Å². The van der Waals surface area contributed by atoms with Gasteiger partial charge in [0.05, 0.1) is 12.0 Å². The Balaban J connectivity index is 1.78. The summed E-state index contributed by atoms with van der Waals surface area (Å²) in [6, 6.07) is -0.707. The van der Waals surface area contributed by atoms with Crippen LogP contribution in [0.15, 0.2) is 0 Å². The zero-order valence-electron chi connectivity index (χ0n) is 15.1. The Kier molecular flexibility index (Phi) is 6.47. The zero-order valence-corrected chi connectivity index (χ0v) is 15.1. The number of halogens is 6. The van der Waals surface area contributed by atoms with Crippen LogP contribution in [-0.2, 0) is 9.47 Å². The molecule has 0 aliphatic carbocycles. The largest absolute Gasteiger partial charge is 0.421 e. The van der Waals surface area contributed by atoms with E-state index in [0.717, 1.165) is 0 Å². The summed E-state index contributed by atoms with van der Waals surface area (Å²) in [7, 11) is 0. The van der Waals surface area contributed by atoms with Crippen LogP contribution in [0.4, 0.5) is 26.3 Å². The molecule has 12 heteroatoms. The van der Waals surface area contributed by atoms with E-state index in [0.29, 0.717) is 19.3 Å². The molecule has 3 heterocycles. The van der Waals surface area contributed by atoms with Gasteiger partial charge >= 0.3 is 12.4 Å². The summed E-state index contributed by atoms with van der Waals surface area (Å²) >= 11 is 0. The Morgan fingerprint density at radius 3 is 2.29 bits per heavy atom. The minimum atomic E-state index is -4.93. The van der Waals surface area contributed by atoms with Gasteiger partial charge in [0.1, 0.15) is 12.5 Å². The van der Waals surface area contributed by atoms with Gasteiger partial charge in [-0.15, -0.1) is 0 Å². The van der Waals surface area contributed by atoms with Crippen LogP contribution < -0.4 is 16.2 Å². The molecule has 164 valence electrons. The normalized spacial score (nSPS) is 41.5. The molecular formula is C16H25F6N3O3. The van der Waals surface area contributed by atoms with E-state index in [-0.39, 0.29) is 25.9 Å². The van der Waals surface area contributed by atoms with Crippen molar-refractivity contribution in [1.82, 2.24) is 16.2 Å². The summed E-state index contributed by atoms with van der Waals surface area (Å²) in [4.78, 5) is 0. The van der Waals surface area contributed by atoms with Crippen molar-refractivity contribution in [3.63, 3.8) is 0 Å². The van der Waals surface area contributed by atoms with Gasteiger partial charge in [-0.1, -0.05) is 19.3 Å². The first kappa shape index (κ1) is 22.0. The maximum absolute atomic E-state index is 13.5. The molecule has 28 heavy (non-hydrogen) atoms. The van der Waals surface area contributed by atoms with Crippen LogP contribution >= 0.6 is 0 Å². The van der Waals surface area contributed by atoms with Crippen LogP contribution in [0.5, 0.6) is 0 Å². The van der Waals surface area contributed by atoms with E-state index >= 15 is 0 Å². The zero-order chi connectivity index (χ0) is 20.6. The monoisotopic (exact) mass is 421 g/mol. The van der Waals surface area contributed by atoms with Gasteiger partial charge in [-0.2, -0.15) is 26.3 Å². The van der Waals surface area contributed by atoms with Crippen LogP contribution in [0.1, 0.15) is 44.9 Å². The number of nitrogens with one attached hydrogen (secondary N) is 3. The molecule has 5 unspecified atom stereocenters. The molecule has 6 atom stereocenters. The number of hydrogen-bond donors (Lipinski definition) is 4. The highest BCUT2D eigenvalue weighted by Crippen LogP contribution is 2.41. The van der Waals surface area contributed by atoms with Crippen LogP contribution in [-0.4, -0.2) is 54.4 Å². The first-order valence-electron chi connectivity index (χ1n) is 9.42. The van der Waals surface area contributed by atoms with Crippen LogP contribution in [0.2, 0.25) is 0 Å². The smallest absolute Gasteiger partial charge is 0.377 e.